The van der Waals surface area contributed by atoms with Crippen molar-refractivity contribution in [1.29, 1.82) is 0 Å². The quantitative estimate of drug-likeness (QED) is 0.849. The minimum atomic E-state index is -0.309. The summed E-state index contributed by atoms with van der Waals surface area (Å²) in [6.45, 7) is 4.01. The molecule has 1 aliphatic rings. The van der Waals surface area contributed by atoms with E-state index in [0.29, 0.717) is 0 Å². The number of hydrogen-bond acceptors (Lipinski definition) is 3. The van der Waals surface area contributed by atoms with Crippen LogP contribution in [0, 0.1) is 0 Å². The zero-order valence-electron chi connectivity index (χ0n) is 10.1. The highest BCUT2D eigenvalue weighted by molar-refractivity contribution is 5.19. The molecule has 0 radical (unpaired) electrons. The van der Waals surface area contributed by atoms with Crippen LogP contribution in [0.3, 0.4) is 0 Å². The third-order valence-electron chi connectivity index (χ3n) is 3.49. The Labute approximate surface area is 96.9 Å². The van der Waals surface area contributed by atoms with Gasteiger partial charge < -0.3 is 5.11 Å². The van der Waals surface area contributed by atoms with E-state index in [1.165, 1.54) is 12.8 Å². The largest absolute Gasteiger partial charge is 0.392 e. The Morgan fingerprint density at radius 2 is 2.00 bits per heavy atom. The van der Waals surface area contributed by atoms with Gasteiger partial charge >= 0.3 is 0 Å². The fraction of sp³-hybridized carbons (Fsp3) is 0.692. The minimum absolute atomic E-state index is 0.0877. The van der Waals surface area contributed by atoms with Crippen molar-refractivity contribution < 1.29 is 5.11 Å². The van der Waals surface area contributed by atoms with E-state index in [9.17, 15) is 5.11 Å². The van der Waals surface area contributed by atoms with Crippen molar-refractivity contribution in [3.05, 3.63) is 23.3 Å². The number of rotatable bonds is 3. The highest BCUT2D eigenvalue weighted by Gasteiger charge is 2.19. The molecule has 0 aliphatic heterocycles. The molecule has 16 heavy (non-hydrogen) atoms. The van der Waals surface area contributed by atoms with Crippen LogP contribution in [0.15, 0.2) is 6.20 Å². The molecule has 1 aromatic heterocycles. The lowest BCUT2D eigenvalue weighted by Gasteiger charge is -2.19. The molecule has 3 nitrogen and oxygen atoms in total. The monoisotopic (exact) mass is 220 g/mol. The van der Waals surface area contributed by atoms with Crippen LogP contribution in [-0.2, 0) is 12.8 Å². The van der Waals surface area contributed by atoms with Gasteiger partial charge in [0.15, 0.2) is 0 Å². The Hall–Kier alpha value is -0.960. The Morgan fingerprint density at radius 1 is 1.31 bits per heavy atom. The van der Waals surface area contributed by atoms with Gasteiger partial charge in [-0.1, -0.05) is 13.8 Å². The Kier molecular flexibility index (Phi) is 3.54. The first kappa shape index (κ1) is 11.5. The average molecular weight is 220 g/mol. The van der Waals surface area contributed by atoms with Crippen LogP contribution >= 0.6 is 0 Å². The van der Waals surface area contributed by atoms with E-state index >= 15 is 0 Å². The fourth-order valence-corrected chi connectivity index (χ4v) is 2.23. The van der Waals surface area contributed by atoms with Crippen LogP contribution in [0.2, 0.25) is 0 Å². The molecule has 0 spiro atoms. The van der Waals surface area contributed by atoms with Gasteiger partial charge in [0.2, 0.25) is 0 Å². The fourth-order valence-electron chi connectivity index (χ4n) is 2.23. The van der Waals surface area contributed by atoms with E-state index in [1.54, 1.807) is 0 Å². The summed E-state index contributed by atoms with van der Waals surface area (Å²) in [5, 5.41) is 9.82. The molecule has 0 fully saturated rings. The number of aryl methyl sites for hydroxylation is 2. The van der Waals surface area contributed by atoms with Gasteiger partial charge in [0, 0.05) is 12.1 Å². The molecular formula is C13H20N2O. The van der Waals surface area contributed by atoms with Crippen molar-refractivity contribution >= 4 is 0 Å². The first-order valence-electron chi connectivity index (χ1n) is 6.25. The molecule has 1 aliphatic carbocycles. The maximum absolute atomic E-state index is 9.82. The summed E-state index contributed by atoms with van der Waals surface area (Å²) in [6.07, 6.45) is 6.85. The van der Waals surface area contributed by atoms with Gasteiger partial charge in [-0.25, -0.2) is 0 Å². The van der Waals surface area contributed by atoms with Crippen LogP contribution in [0.25, 0.3) is 0 Å². The molecular weight excluding hydrogens is 200 g/mol. The van der Waals surface area contributed by atoms with Gasteiger partial charge in [0.25, 0.3) is 0 Å². The van der Waals surface area contributed by atoms with E-state index in [4.69, 9.17) is 0 Å². The van der Waals surface area contributed by atoms with E-state index in [-0.39, 0.29) is 12.0 Å². The molecule has 1 aromatic rings. The number of aromatic nitrogens is 2. The molecule has 0 saturated heterocycles. The zero-order chi connectivity index (χ0) is 11.5. The van der Waals surface area contributed by atoms with Crippen molar-refractivity contribution in [3.8, 4) is 0 Å². The number of aliphatic hydroxyl groups excluding tert-OH is 1. The summed E-state index contributed by atoms with van der Waals surface area (Å²) in [5.41, 5.74) is 3.25. The normalized spacial score (nSPS) is 18.9. The van der Waals surface area contributed by atoms with Crippen LogP contribution < -0.4 is 0 Å². The molecule has 2 unspecified atom stereocenters. The van der Waals surface area contributed by atoms with Gasteiger partial charge in [-0.15, -0.1) is 0 Å². The summed E-state index contributed by atoms with van der Waals surface area (Å²) in [7, 11) is 0. The first-order chi connectivity index (χ1) is 7.72. The Balaban J connectivity index is 2.22. The molecule has 0 saturated carbocycles. The Morgan fingerprint density at radius 3 is 2.69 bits per heavy atom. The van der Waals surface area contributed by atoms with E-state index in [0.717, 1.165) is 36.3 Å². The van der Waals surface area contributed by atoms with Crippen molar-refractivity contribution in [2.75, 3.05) is 0 Å². The van der Waals surface area contributed by atoms with Crippen LogP contribution in [0.1, 0.15) is 56.1 Å². The lowest BCUT2D eigenvalue weighted by molar-refractivity contribution is 0.143. The van der Waals surface area contributed by atoms with E-state index in [2.05, 4.69) is 9.97 Å². The second-order valence-electron chi connectivity index (χ2n) is 4.66. The third-order valence-corrected chi connectivity index (χ3v) is 3.49. The van der Waals surface area contributed by atoms with Gasteiger partial charge in [-0.3, -0.25) is 9.97 Å². The number of nitrogens with zero attached hydrogens (tertiary/aromatic N) is 2. The number of fused-ring (bicyclic) bond motifs is 1. The molecule has 1 N–H and O–H groups in total. The van der Waals surface area contributed by atoms with E-state index in [1.807, 2.05) is 20.0 Å². The molecule has 2 atom stereocenters. The van der Waals surface area contributed by atoms with Gasteiger partial charge in [0.1, 0.15) is 0 Å². The predicted molar refractivity (Wildman–Crippen MR) is 63.4 cm³/mol. The SMILES string of the molecule is CCC(O)C(C)c1cnc2c(n1)CCCC2. The standard InChI is InChI=1S/C13H20N2O/c1-3-13(16)9(2)12-8-14-10-6-4-5-7-11(10)15-12/h8-9,13,16H,3-7H2,1-2H3. The van der Waals surface area contributed by atoms with Crippen molar-refractivity contribution in [3.63, 3.8) is 0 Å². The van der Waals surface area contributed by atoms with E-state index < -0.39 is 0 Å². The molecule has 0 aromatic carbocycles. The van der Waals surface area contributed by atoms with Gasteiger partial charge in [-0.05, 0) is 32.1 Å². The molecule has 0 bridgehead atoms. The summed E-state index contributed by atoms with van der Waals surface area (Å²) >= 11 is 0. The number of hydrogen-bond donors (Lipinski definition) is 1. The molecule has 0 amide bonds. The molecule has 3 heteroatoms. The lowest BCUT2D eigenvalue weighted by atomic mass is 9.97. The van der Waals surface area contributed by atoms with Gasteiger partial charge in [0.05, 0.1) is 23.2 Å². The predicted octanol–water partition coefficient (Wildman–Crippen LogP) is 2.23. The van der Waals surface area contributed by atoms with Gasteiger partial charge in [-0.2, -0.15) is 0 Å². The highest BCUT2D eigenvalue weighted by Crippen LogP contribution is 2.23. The van der Waals surface area contributed by atoms with Crippen LogP contribution in [0.5, 0.6) is 0 Å². The summed E-state index contributed by atoms with van der Waals surface area (Å²) in [6, 6.07) is 0. The molecule has 88 valence electrons. The second-order valence-corrected chi connectivity index (χ2v) is 4.66. The maximum Gasteiger partial charge on any atom is 0.0644 e. The first-order valence-corrected chi connectivity index (χ1v) is 6.25. The topological polar surface area (TPSA) is 46.0 Å². The molecule has 1 heterocycles. The van der Waals surface area contributed by atoms with Crippen LogP contribution in [-0.4, -0.2) is 21.2 Å². The third kappa shape index (κ3) is 2.24. The minimum Gasteiger partial charge on any atom is -0.392 e. The maximum atomic E-state index is 9.82. The summed E-state index contributed by atoms with van der Waals surface area (Å²) in [4.78, 5) is 9.14. The Bertz CT molecular complexity index is 365. The lowest BCUT2D eigenvalue weighted by Crippen LogP contribution is -2.18. The summed E-state index contributed by atoms with van der Waals surface area (Å²) in [5.74, 6) is 0.0877. The zero-order valence-corrected chi connectivity index (χ0v) is 10.1. The number of aliphatic hydroxyl groups is 1. The van der Waals surface area contributed by atoms with Crippen molar-refractivity contribution in [2.24, 2.45) is 0 Å². The van der Waals surface area contributed by atoms with Crippen molar-refractivity contribution in [1.82, 2.24) is 9.97 Å². The summed E-state index contributed by atoms with van der Waals surface area (Å²) < 4.78 is 0. The second kappa shape index (κ2) is 4.91. The average Bonchev–Trinajstić information content (AvgIpc) is 2.36. The van der Waals surface area contributed by atoms with Crippen molar-refractivity contribution in [2.45, 2.75) is 58.0 Å². The smallest absolute Gasteiger partial charge is 0.0644 e. The highest BCUT2D eigenvalue weighted by atomic mass is 16.3. The van der Waals surface area contributed by atoms with Crippen LogP contribution in [0.4, 0.5) is 0 Å². The molecule has 2 rings (SSSR count).